The zero-order valence-corrected chi connectivity index (χ0v) is 11.2. The van der Waals surface area contributed by atoms with Gasteiger partial charge in [0.05, 0.1) is 0 Å². The highest BCUT2D eigenvalue weighted by atomic mass is 16.6. The maximum Gasteiger partial charge on any atom is 0.410 e. The van der Waals surface area contributed by atoms with E-state index in [-0.39, 0.29) is 12.7 Å². The Balaban J connectivity index is 2.40. The summed E-state index contributed by atoms with van der Waals surface area (Å²) in [7, 11) is 0. The number of carbonyl (C=O) groups excluding carboxylic acids is 2. The van der Waals surface area contributed by atoms with E-state index in [1.54, 1.807) is 4.90 Å². The molecule has 1 rings (SSSR count). The number of nitrogens with zero attached hydrogens (tertiary/aromatic N) is 1. The van der Waals surface area contributed by atoms with Crippen LogP contribution in [-0.4, -0.2) is 37.0 Å². The van der Waals surface area contributed by atoms with Crippen molar-refractivity contribution in [1.29, 1.82) is 0 Å². The fourth-order valence-corrected chi connectivity index (χ4v) is 1.63. The lowest BCUT2D eigenvalue weighted by atomic mass is 10.2. The minimum atomic E-state index is -0.349. The Morgan fingerprint density at radius 3 is 2.68 bits per heavy atom. The fourth-order valence-electron chi connectivity index (χ4n) is 1.63. The van der Waals surface area contributed by atoms with Gasteiger partial charge < -0.3 is 15.0 Å². The molecule has 1 N–H and O–H groups in total. The minimum absolute atomic E-state index is 0.265. The lowest BCUT2D eigenvalue weighted by Gasteiger charge is -2.21. The summed E-state index contributed by atoms with van der Waals surface area (Å²) in [6, 6.07) is 9.54. The molecule has 5 heteroatoms. The third kappa shape index (κ3) is 5.90. The molecule has 0 fully saturated rings. The first-order valence-corrected chi connectivity index (χ1v) is 6.40. The summed E-state index contributed by atoms with van der Waals surface area (Å²) in [5, 5.41) is 2.54. The monoisotopic (exact) mass is 264 g/mol. The number of benzene rings is 1. The number of ether oxygens (including phenoxy) is 1. The van der Waals surface area contributed by atoms with Gasteiger partial charge in [0, 0.05) is 19.6 Å². The number of carbonyl (C=O) groups is 2. The van der Waals surface area contributed by atoms with Crippen molar-refractivity contribution in [1.82, 2.24) is 10.2 Å². The fraction of sp³-hybridized carbons (Fsp3) is 0.429. The first kappa shape index (κ1) is 15.0. The molecule has 0 bridgehead atoms. The van der Waals surface area contributed by atoms with Crippen molar-refractivity contribution >= 4 is 12.5 Å². The lowest BCUT2D eigenvalue weighted by molar-refractivity contribution is -0.109. The van der Waals surface area contributed by atoms with E-state index in [1.165, 1.54) is 0 Å². The Labute approximate surface area is 113 Å². The van der Waals surface area contributed by atoms with Crippen LogP contribution >= 0.6 is 0 Å². The second-order valence-electron chi connectivity index (χ2n) is 4.10. The van der Waals surface area contributed by atoms with Crippen LogP contribution in [0.15, 0.2) is 30.3 Å². The average molecular weight is 264 g/mol. The summed E-state index contributed by atoms with van der Waals surface area (Å²) < 4.78 is 5.24. The van der Waals surface area contributed by atoms with E-state index in [0.29, 0.717) is 26.0 Å². The number of rotatable bonds is 8. The minimum Gasteiger partial charge on any atom is -0.445 e. The van der Waals surface area contributed by atoms with Crippen LogP contribution in [0.25, 0.3) is 0 Å². The number of nitrogens with one attached hydrogen (secondary N) is 1. The molecule has 0 aliphatic rings. The van der Waals surface area contributed by atoms with Crippen molar-refractivity contribution in [3.8, 4) is 0 Å². The largest absolute Gasteiger partial charge is 0.445 e. The van der Waals surface area contributed by atoms with Crippen LogP contribution in [0.1, 0.15) is 18.9 Å². The van der Waals surface area contributed by atoms with Gasteiger partial charge in [-0.3, -0.25) is 4.79 Å². The zero-order chi connectivity index (χ0) is 13.9. The Kier molecular flexibility index (Phi) is 7.09. The molecule has 0 radical (unpaired) electrons. The van der Waals surface area contributed by atoms with Crippen molar-refractivity contribution in [2.75, 3.05) is 19.6 Å². The first-order valence-electron chi connectivity index (χ1n) is 6.40. The highest BCUT2D eigenvalue weighted by Crippen LogP contribution is 2.03. The number of amides is 2. The van der Waals surface area contributed by atoms with Gasteiger partial charge in [-0.25, -0.2) is 4.79 Å². The molecule has 0 heterocycles. The summed E-state index contributed by atoms with van der Waals surface area (Å²) in [5.74, 6) is 0. The molecule has 5 nitrogen and oxygen atoms in total. The maximum atomic E-state index is 11.9. The molecular formula is C14H20N2O3. The predicted octanol–water partition coefficient (Wildman–Crippen LogP) is 1.78. The van der Waals surface area contributed by atoms with Gasteiger partial charge in [-0.15, -0.1) is 0 Å². The molecule has 0 unspecified atom stereocenters. The van der Waals surface area contributed by atoms with Crippen LogP contribution in [0.5, 0.6) is 0 Å². The van der Waals surface area contributed by atoms with Gasteiger partial charge in [0.1, 0.15) is 6.61 Å². The molecule has 2 amide bonds. The van der Waals surface area contributed by atoms with Gasteiger partial charge >= 0.3 is 6.09 Å². The van der Waals surface area contributed by atoms with Crippen molar-refractivity contribution in [2.24, 2.45) is 0 Å². The molecule has 0 aliphatic heterocycles. The Morgan fingerprint density at radius 2 is 2.05 bits per heavy atom. The van der Waals surface area contributed by atoms with Gasteiger partial charge in [-0.05, 0) is 12.0 Å². The SMILES string of the molecule is CCCN(CCNC=O)C(=O)OCc1ccccc1. The molecule has 1 aromatic rings. The van der Waals surface area contributed by atoms with Crippen LogP contribution in [0, 0.1) is 0 Å². The van der Waals surface area contributed by atoms with Crippen LogP contribution in [0.3, 0.4) is 0 Å². The number of hydrogen-bond donors (Lipinski definition) is 1. The van der Waals surface area contributed by atoms with E-state index in [9.17, 15) is 9.59 Å². The predicted molar refractivity (Wildman–Crippen MR) is 72.6 cm³/mol. The molecule has 104 valence electrons. The molecule has 0 aliphatic carbocycles. The van der Waals surface area contributed by atoms with E-state index >= 15 is 0 Å². The molecule has 0 saturated heterocycles. The van der Waals surface area contributed by atoms with Gasteiger partial charge in [0.2, 0.25) is 6.41 Å². The highest BCUT2D eigenvalue weighted by molar-refractivity contribution is 5.67. The second kappa shape index (κ2) is 8.97. The summed E-state index contributed by atoms with van der Waals surface area (Å²) in [6.07, 6.45) is 1.12. The summed E-state index contributed by atoms with van der Waals surface area (Å²) in [5.41, 5.74) is 0.957. The lowest BCUT2D eigenvalue weighted by Crippen LogP contribution is -2.37. The molecule has 0 atom stereocenters. The quantitative estimate of drug-likeness (QED) is 0.575. The Hall–Kier alpha value is -2.04. The van der Waals surface area contributed by atoms with Gasteiger partial charge in [-0.1, -0.05) is 37.3 Å². The van der Waals surface area contributed by atoms with Gasteiger partial charge in [0.25, 0.3) is 0 Å². The second-order valence-corrected chi connectivity index (χ2v) is 4.10. The maximum absolute atomic E-state index is 11.9. The van der Waals surface area contributed by atoms with Crippen molar-refractivity contribution < 1.29 is 14.3 Å². The summed E-state index contributed by atoms with van der Waals surface area (Å²) >= 11 is 0. The molecule has 1 aromatic carbocycles. The standard InChI is InChI=1S/C14H20N2O3/c1-2-9-16(10-8-15-12-17)14(18)19-11-13-6-4-3-5-7-13/h3-7,12H,2,8-11H2,1H3,(H,15,17). The highest BCUT2D eigenvalue weighted by Gasteiger charge is 2.13. The molecule has 0 saturated carbocycles. The third-order valence-electron chi connectivity index (χ3n) is 2.57. The zero-order valence-electron chi connectivity index (χ0n) is 11.2. The van der Waals surface area contributed by atoms with Gasteiger partial charge in [-0.2, -0.15) is 0 Å². The van der Waals surface area contributed by atoms with Crippen LogP contribution < -0.4 is 5.32 Å². The van der Waals surface area contributed by atoms with Crippen molar-refractivity contribution in [2.45, 2.75) is 20.0 Å². The van der Waals surface area contributed by atoms with E-state index in [0.717, 1.165) is 12.0 Å². The van der Waals surface area contributed by atoms with E-state index < -0.39 is 0 Å². The summed E-state index contributed by atoms with van der Waals surface area (Å²) in [6.45, 7) is 3.77. The molecule has 19 heavy (non-hydrogen) atoms. The van der Waals surface area contributed by atoms with Crippen LogP contribution in [0.2, 0.25) is 0 Å². The molecule has 0 aromatic heterocycles. The van der Waals surface area contributed by atoms with E-state index in [2.05, 4.69) is 5.32 Å². The number of hydrogen-bond acceptors (Lipinski definition) is 3. The van der Waals surface area contributed by atoms with Crippen molar-refractivity contribution in [3.63, 3.8) is 0 Å². The van der Waals surface area contributed by atoms with Gasteiger partial charge in [0.15, 0.2) is 0 Å². The third-order valence-corrected chi connectivity index (χ3v) is 2.57. The summed E-state index contributed by atoms with van der Waals surface area (Å²) in [4.78, 5) is 23.7. The molecule has 0 spiro atoms. The van der Waals surface area contributed by atoms with Crippen molar-refractivity contribution in [3.05, 3.63) is 35.9 Å². The first-order chi connectivity index (χ1) is 9.27. The van der Waals surface area contributed by atoms with E-state index in [1.807, 2.05) is 37.3 Å². The van der Waals surface area contributed by atoms with E-state index in [4.69, 9.17) is 4.74 Å². The normalized spacial score (nSPS) is 9.74. The van der Waals surface area contributed by atoms with Crippen LogP contribution in [0.4, 0.5) is 4.79 Å². The Morgan fingerprint density at radius 1 is 1.32 bits per heavy atom. The van der Waals surface area contributed by atoms with Crippen LogP contribution in [-0.2, 0) is 16.1 Å². The molecular weight excluding hydrogens is 244 g/mol. The smallest absolute Gasteiger partial charge is 0.410 e. The Bertz CT molecular complexity index is 382. The topological polar surface area (TPSA) is 58.6 Å². The average Bonchev–Trinajstić information content (AvgIpc) is 2.45.